The second-order valence-electron chi connectivity index (χ2n) is 8.07. The van der Waals surface area contributed by atoms with Crippen LogP contribution in [0.15, 0.2) is 12.7 Å². The second kappa shape index (κ2) is 21.5. The molecule has 5 nitrogen and oxygen atoms in total. The van der Waals surface area contributed by atoms with Gasteiger partial charge in [-0.05, 0) is 6.42 Å². The van der Waals surface area contributed by atoms with Crippen molar-refractivity contribution >= 4 is 14.8 Å². The monoisotopic (exact) mass is 444 g/mol. The van der Waals surface area contributed by atoms with Crippen LogP contribution in [0, 0.1) is 0 Å². The maximum atomic E-state index is 11.1. The summed E-state index contributed by atoms with van der Waals surface area (Å²) in [5.74, 6) is -0.507. The lowest BCUT2D eigenvalue weighted by molar-refractivity contribution is -0.146. The van der Waals surface area contributed by atoms with E-state index in [-0.39, 0.29) is 6.79 Å². The molecule has 0 rings (SSSR count). The highest BCUT2D eigenvalue weighted by molar-refractivity contribution is 6.60. The summed E-state index contributed by atoms with van der Waals surface area (Å²) in [4.78, 5) is 11.1. The Morgan fingerprint density at radius 1 is 0.733 bits per heavy atom. The van der Waals surface area contributed by atoms with Gasteiger partial charge < -0.3 is 18.0 Å². The summed E-state index contributed by atoms with van der Waals surface area (Å²) < 4.78 is 21.5. The van der Waals surface area contributed by atoms with Crippen molar-refractivity contribution in [3.05, 3.63) is 12.7 Å². The van der Waals surface area contributed by atoms with Crippen LogP contribution in [-0.2, 0) is 22.8 Å². The van der Waals surface area contributed by atoms with Crippen LogP contribution in [0.25, 0.3) is 0 Å². The molecule has 0 heterocycles. The van der Waals surface area contributed by atoms with Crippen LogP contribution in [0.1, 0.15) is 110 Å². The lowest BCUT2D eigenvalue weighted by atomic mass is 10.0. The lowest BCUT2D eigenvalue weighted by Gasteiger charge is -2.25. The van der Waals surface area contributed by atoms with Crippen molar-refractivity contribution in [1.82, 2.24) is 0 Å². The molecule has 0 aliphatic heterocycles. The van der Waals surface area contributed by atoms with Crippen LogP contribution >= 0.6 is 0 Å². The highest BCUT2D eigenvalue weighted by Gasteiger charge is 2.38. The SMILES string of the molecule is C=CC(=O)OCO[Si](CCCCCCCCCCCCCCCCCC)(OC)OC. The van der Waals surface area contributed by atoms with E-state index in [1.54, 1.807) is 14.2 Å². The quantitative estimate of drug-likeness (QED) is 0.0549. The van der Waals surface area contributed by atoms with Gasteiger partial charge in [-0.15, -0.1) is 0 Å². The fourth-order valence-corrected chi connectivity index (χ4v) is 5.48. The predicted molar refractivity (Wildman–Crippen MR) is 126 cm³/mol. The third kappa shape index (κ3) is 17.0. The van der Waals surface area contributed by atoms with Crippen molar-refractivity contribution in [3.8, 4) is 0 Å². The minimum absolute atomic E-state index is 0.155. The Morgan fingerprint density at radius 2 is 1.13 bits per heavy atom. The molecule has 0 fully saturated rings. The minimum Gasteiger partial charge on any atom is -0.436 e. The van der Waals surface area contributed by atoms with Gasteiger partial charge in [0, 0.05) is 26.3 Å². The zero-order valence-corrected chi connectivity index (χ0v) is 21.1. The fraction of sp³-hybridized carbons (Fsp3) is 0.875. The first-order valence-corrected chi connectivity index (χ1v) is 14.1. The van der Waals surface area contributed by atoms with Gasteiger partial charge in [-0.2, -0.15) is 0 Å². The number of hydrogen-bond acceptors (Lipinski definition) is 5. The first kappa shape index (κ1) is 29.3. The van der Waals surface area contributed by atoms with Crippen molar-refractivity contribution in [3.63, 3.8) is 0 Å². The van der Waals surface area contributed by atoms with E-state index in [1.807, 2.05) is 0 Å². The standard InChI is InChI=1S/C24H48O5Si/c1-5-7-8-9-10-11-12-13-14-15-16-17-18-19-20-21-22-30(26-3,27-4)29-23-28-24(25)6-2/h6H,2,5,7-23H2,1,3-4H3. The minimum atomic E-state index is -2.74. The Morgan fingerprint density at radius 3 is 1.50 bits per heavy atom. The highest BCUT2D eigenvalue weighted by Crippen LogP contribution is 2.20. The normalized spacial score (nSPS) is 11.6. The molecule has 0 spiro atoms. The van der Waals surface area contributed by atoms with Gasteiger partial charge in [0.25, 0.3) is 0 Å². The van der Waals surface area contributed by atoms with Crippen molar-refractivity contribution in [2.24, 2.45) is 0 Å². The van der Waals surface area contributed by atoms with Gasteiger partial charge in [-0.3, -0.25) is 0 Å². The largest absolute Gasteiger partial charge is 0.502 e. The van der Waals surface area contributed by atoms with Crippen molar-refractivity contribution < 1.29 is 22.8 Å². The average molecular weight is 445 g/mol. The van der Waals surface area contributed by atoms with Gasteiger partial charge in [0.05, 0.1) is 0 Å². The molecule has 0 N–H and O–H groups in total. The van der Waals surface area contributed by atoms with Crippen molar-refractivity contribution in [1.29, 1.82) is 0 Å². The zero-order chi connectivity index (χ0) is 22.3. The molecular formula is C24H48O5Si. The molecule has 6 heteroatoms. The Balaban J connectivity index is 3.53. The zero-order valence-electron chi connectivity index (χ0n) is 20.1. The van der Waals surface area contributed by atoms with Crippen LogP contribution in [0.3, 0.4) is 0 Å². The first-order chi connectivity index (χ1) is 14.6. The highest BCUT2D eigenvalue weighted by atomic mass is 28.4. The molecule has 0 radical (unpaired) electrons. The lowest BCUT2D eigenvalue weighted by Crippen LogP contribution is -2.44. The molecule has 0 saturated carbocycles. The maximum absolute atomic E-state index is 11.1. The van der Waals surface area contributed by atoms with E-state index in [4.69, 9.17) is 18.0 Å². The van der Waals surface area contributed by atoms with Gasteiger partial charge in [0.1, 0.15) is 0 Å². The summed E-state index contributed by atoms with van der Waals surface area (Å²) >= 11 is 0. The predicted octanol–water partition coefficient (Wildman–Crippen LogP) is 7.18. The van der Waals surface area contributed by atoms with Gasteiger partial charge in [0.15, 0.2) is 6.79 Å². The van der Waals surface area contributed by atoms with Gasteiger partial charge in [-0.25, -0.2) is 4.79 Å². The van der Waals surface area contributed by atoms with Crippen LogP contribution in [-0.4, -0.2) is 35.8 Å². The van der Waals surface area contributed by atoms with E-state index in [2.05, 4.69) is 13.5 Å². The van der Waals surface area contributed by atoms with E-state index in [9.17, 15) is 4.79 Å². The van der Waals surface area contributed by atoms with Crippen LogP contribution in [0.2, 0.25) is 6.04 Å². The summed E-state index contributed by atoms with van der Waals surface area (Å²) in [5.41, 5.74) is 0. The molecule has 0 aliphatic carbocycles. The second-order valence-corrected chi connectivity index (χ2v) is 11.0. The number of carbonyl (C=O) groups excluding carboxylic acids is 1. The summed E-state index contributed by atoms with van der Waals surface area (Å²) in [7, 11) is 0.448. The molecule has 0 aromatic carbocycles. The molecule has 0 saturated heterocycles. The van der Waals surface area contributed by atoms with Crippen molar-refractivity contribution in [2.75, 3.05) is 21.0 Å². The molecule has 178 valence electrons. The first-order valence-electron chi connectivity index (χ1n) is 12.2. The summed E-state index contributed by atoms with van der Waals surface area (Å²) in [5, 5.41) is 0. The molecule has 0 unspecified atom stereocenters. The van der Waals surface area contributed by atoms with E-state index < -0.39 is 14.8 Å². The molecule has 0 bridgehead atoms. The van der Waals surface area contributed by atoms with Crippen LogP contribution < -0.4 is 0 Å². The number of hydrogen-bond donors (Lipinski definition) is 0. The van der Waals surface area contributed by atoms with E-state index >= 15 is 0 Å². The van der Waals surface area contributed by atoms with Crippen LogP contribution in [0.4, 0.5) is 0 Å². The molecule has 0 aromatic heterocycles. The summed E-state index contributed by atoms with van der Waals surface area (Å²) in [6.45, 7) is 5.48. The van der Waals surface area contributed by atoms with Crippen LogP contribution in [0.5, 0.6) is 0 Å². The smallest absolute Gasteiger partial charge is 0.436 e. The maximum Gasteiger partial charge on any atom is 0.502 e. The Labute approximate surface area is 187 Å². The summed E-state index contributed by atoms with van der Waals surface area (Å²) in [6, 6.07) is 0.740. The molecule has 0 atom stereocenters. The molecule has 0 aliphatic rings. The van der Waals surface area contributed by atoms with Gasteiger partial charge in [-0.1, -0.05) is 110 Å². The Bertz CT molecular complexity index is 399. The topological polar surface area (TPSA) is 54.0 Å². The van der Waals surface area contributed by atoms with Gasteiger partial charge >= 0.3 is 14.8 Å². The van der Waals surface area contributed by atoms with E-state index in [1.165, 1.54) is 89.9 Å². The molecule has 30 heavy (non-hydrogen) atoms. The van der Waals surface area contributed by atoms with E-state index in [0.717, 1.165) is 25.0 Å². The molecule has 0 aromatic rings. The number of carbonyl (C=O) groups is 1. The van der Waals surface area contributed by atoms with E-state index in [0.29, 0.717) is 0 Å². The number of unbranched alkanes of at least 4 members (excludes halogenated alkanes) is 15. The number of rotatable bonds is 23. The number of esters is 1. The van der Waals surface area contributed by atoms with Crippen molar-refractivity contribution in [2.45, 2.75) is 116 Å². The Hall–Kier alpha value is -0.693. The third-order valence-corrected chi connectivity index (χ3v) is 8.37. The molecule has 0 amide bonds. The number of ether oxygens (including phenoxy) is 1. The third-order valence-electron chi connectivity index (χ3n) is 5.61. The van der Waals surface area contributed by atoms with Gasteiger partial charge in [0.2, 0.25) is 0 Å². The summed E-state index contributed by atoms with van der Waals surface area (Å²) in [6.07, 6.45) is 22.6. The fourth-order valence-electron chi connectivity index (χ4n) is 3.60. The average Bonchev–Trinajstić information content (AvgIpc) is 2.77. The molecular weight excluding hydrogens is 396 g/mol. The Kier molecular flexibility index (Phi) is 21.0.